The predicted molar refractivity (Wildman–Crippen MR) is 78.0 cm³/mol. The molecule has 0 spiro atoms. The molecule has 0 fully saturated rings. The molecule has 0 unspecified atom stereocenters. The lowest BCUT2D eigenvalue weighted by Gasteiger charge is -2.04. The van der Waals surface area contributed by atoms with Crippen LogP contribution in [0.2, 0.25) is 0 Å². The molecule has 0 aromatic heterocycles. The summed E-state index contributed by atoms with van der Waals surface area (Å²) in [4.78, 5) is 0. The summed E-state index contributed by atoms with van der Waals surface area (Å²) in [5, 5.41) is 0. The number of hydrogen-bond donors (Lipinski definition) is 2. The van der Waals surface area contributed by atoms with E-state index in [1.165, 1.54) is 24.8 Å². The maximum Gasteiger partial charge on any atom is 0.0316 e. The fraction of sp³-hybridized carbons (Fsp3) is 0.600. The molecule has 2 nitrogen and oxygen atoms in total. The van der Waals surface area contributed by atoms with Crippen molar-refractivity contribution in [3.8, 4) is 0 Å². The molecule has 0 aliphatic rings. The molecule has 4 N–H and O–H groups in total. The Morgan fingerprint density at radius 3 is 2.35 bits per heavy atom. The van der Waals surface area contributed by atoms with Gasteiger partial charge in [0, 0.05) is 5.69 Å². The molecule has 0 amide bonds. The standard InChI is InChI=1S/C11H17N.C4H11N/c1-9(2)6-7-10-4-3-5-11(12)8-10;1-2-3-4-5/h3-5,8-9H,6-7,12H2,1-2H3;2-5H2,1H3. The van der Waals surface area contributed by atoms with E-state index in [0.717, 1.165) is 24.6 Å². The molecule has 1 aromatic rings. The Morgan fingerprint density at radius 2 is 1.94 bits per heavy atom. The SMILES string of the molecule is CC(C)CCc1cccc(N)c1.CCCCN. The third kappa shape index (κ3) is 9.88. The number of nitrogens with two attached hydrogens (primary N) is 2. The van der Waals surface area contributed by atoms with Crippen LogP contribution in [0.3, 0.4) is 0 Å². The van der Waals surface area contributed by atoms with Crippen molar-refractivity contribution in [3.63, 3.8) is 0 Å². The molecule has 0 radical (unpaired) electrons. The van der Waals surface area contributed by atoms with Crippen LogP contribution in [0.15, 0.2) is 24.3 Å². The number of hydrogen-bond acceptors (Lipinski definition) is 2. The summed E-state index contributed by atoms with van der Waals surface area (Å²) in [6.07, 6.45) is 4.77. The predicted octanol–water partition coefficient (Wildman–Crippen LogP) is 3.60. The van der Waals surface area contributed by atoms with E-state index >= 15 is 0 Å². The van der Waals surface area contributed by atoms with E-state index in [0.29, 0.717) is 0 Å². The molecular weight excluding hydrogens is 208 g/mol. The summed E-state index contributed by atoms with van der Waals surface area (Å²) in [7, 11) is 0. The van der Waals surface area contributed by atoms with Crippen molar-refractivity contribution in [2.45, 2.75) is 46.5 Å². The summed E-state index contributed by atoms with van der Waals surface area (Å²) in [6.45, 7) is 7.46. The highest BCUT2D eigenvalue weighted by molar-refractivity contribution is 5.40. The van der Waals surface area contributed by atoms with Gasteiger partial charge < -0.3 is 11.5 Å². The minimum atomic E-state index is 0.770. The number of anilines is 1. The fourth-order valence-corrected chi connectivity index (χ4v) is 1.41. The lowest BCUT2D eigenvalue weighted by atomic mass is 10.0. The van der Waals surface area contributed by atoms with E-state index in [1.807, 2.05) is 12.1 Å². The zero-order valence-corrected chi connectivity index (χ0v) is 11.6. The normalized spacial score (nSPS) is 9.94. The first-order chi connectivity index (χ1) is 8.10. The molecule has 98 valence electrons. The lowest BCUT2D eigenvalue weighted by Crippen LogP contribution is -1.95. The van der Waals surface area contributed by atoms with E-state index in [2.05, 4.69) is 32.9 Å². The van der Waals surface area contributed by atoms with Crippen molar-refractivity contribution in [2.75, 3.05) is 12.3 Å². The van der Waals surface area contributed by atoms with Crippen molar-refractivity contribution >= 4 is 5.69 Å². The molecule has 0 aliphatic heterocycles. The summed E-state index contributed by atoms with van der Waals surface area (Å²) in [5.74, 6) is 0.770. The Kier molecular flexibility index (Phi) is 9.55. The summed E-state index contributed by atoms with van der Waals surface area (Å²) in [6, 6.07) is 8.14. The van der Waals surface area contributed by atoms with Gasteiger partial charge in [0.15, 0.2) is 0 Å². The molecule has 0 heterocycles. The van der Waals surface area contributed by atoms with Gasteiger partial charge in [-0.3, -0.25) is 0 Å². The van der Waals surface area contributed by atoms with Crippen molar-refractivity contribution < 1.29 is 0 Å². The zero-order valence-electron chi connectivity index (χ0n) is 11.6. The minimum absolute atomic E-state index is 0.770. The Morgan fingerprint density at radius 1 is 1.24 bits per heavy atom. The second kappa shape index (κ2) is 10.2. The molecular formula is C15H28N2. The van der Waals surface area contributed by atoms with Gasteiger partial charge in [0.25, 0.3) is 0 Å². The van der Waals surface area contributed by atoms with E-state index < -0.39 is 0 Å². The van der Waals surface area contributed by atoms with Crippen LogP contribution in [-0.4, -0.2) is 6.54 Å². The maximum absolute atomic E-state index is 5.66. The van der Waals surface area contributed by atoms with Crippen LogP contribution in [0.25, 0.3) is 0 Å². The average molecular weight is 236 g/mol. The second-order valence-electron chi connectivity index (χ2n) is 4.82. The summed E-state index contributed by atoms with van der Waals surface area (Å²) >= 11 is 0. The first kappa shape index (κ1) is 16.0. The Labute approximate surface area is 106 Å². The van der Waals surface area contributed by atoms with E-state index in [9.17, 15) is 0 Å². The number of nitrogen functional groups attached to an aromatic ring is 1. The Hall–Kier alpha value is -1.02. The van der Waals surface area contributed by atoms with E-state index in [-0.39, 0.29) is 0 Å². The van der Waals surface area contributed by atoms with Crippen molar-refractivity contribution in [3.05, 3.63) is 29.8 Å². The van der Waals surface area contributed by atoms with Crippen LogP contribution in [0.5, 0.6) is 0 Å². The van der Waals surface area contributed by atoms with Crippen LogP contribution >= 0.6 is 0 Å². The van der Waals surface area contributed by atoms with Crippen LogP contribution < -0.4 is 11.5 Å². The highest BCUT2D eigenvalue weighted by Gasteiger charge is 1.96. The van der Waals surface area contributed by atoms with Crippen LogP contribution in [0, 0.1) is 5.92 Å². The Balaban J connectivity index is 0.000000437. The van der Waals surface area contributed by atoms with Crippen LogP contribution in [-0.2, 0) is 6.42 Å². The molecule has 0 saturated heterocycles. The molecule has 0 bridgehead atoms. The minimum Gasteiger partial charge on any atom is -0.399 e. The number of unbranched alkanes of at least 4 members (excludes halogenated alkanes) is 1. The highest BCUT2D eigenvalue weighted by Crippen LogP contribution is 2.11. The molecule has 1 rings (SSSR count). The van der Waals surface area contributed by atoms with Gasteiger partial charge in [-0.05, 0) is 49.4 Å². The van der Waals surface area contributed by atoms with Gasteiger partial charge in [0.1, 0.15) is 0 Å². The van der Waals surface area contributed by atoms with E-state index in [4.69, 9.17) is 11.5 Å². The fourth-order valence-electron chi connectivity index (χ4n) is 1.41. The number of aryl methyl sites for hydroxylation is 1. The molecule has 1 aromatic carbocycles. The molecule has 17 heavy (non-hydrogen) atoms. The molecule has 0 saturated carbocycles. The van der Waals surface area contributed by atoms with Crippen molar-refractivity contribution in [1.82, 2.24) is 0 Å². The summed E-state index contributed by atoms with van der Waals surface area (Å²) < 4.78 is 0. The number of benzene rings is 1. The average Bonchev–Trinajstić information content (AvgIpc) is 2.28. The summed E-state index contributed by atoms with van der Waals surface area (Å²) in [5.41, 5.74) is 13.0. The first-order valence-corrected chi connectivity index (χ1v) is 6.64. The number of rotatable bonds is 5. The van der Waals surface area contributed by atoms with Crippen molar-refractivity contribution in [2.24, 2.45) is 11.7 Å². The monoisotopic (exact) mass is 236 g/mol. The molecule has 0 atom stereocenters. The van der Waals surface area contributed by atoms with Crippen LogP contribution in [0.4, 0.5) is 5.69 Å². The largest absolute Gasteiger partial charge is 0.399 e. The molecule has 0 aliphatic carbocycles. The smallest absolute Gasteiger partial charge is 0.0316 e. The third-order valence-electron chi connectivity index (χ3n) is 2.52. The van der Waals surface area contributed by atoms with Gasteiger partial charge in [-0.15, -0.1) is 0 Å². The first-order valence-electron chi connectivity index (χ1n) is 6.64. The second-order valence-corrected chi connectivity index (χ2v) is 4.82. The van der Waals surface area contributed by atoms with Gasteiger partial charge in [0.05, 0.1) is 0 Å². The van der Waals surface area contributed by atoms with E-state index in [1.54, 1.807) is 0 Å². The van der Waals surface area contributed by atoms with Gasteiger partial charge in [0.2, 0.25) is 0 Å². The lowest BCUT2D eigenvalue weighted by molar-refractivity contribution is 0.587. The molecule has 2 heteroatoms. The topological polar surface area (TPSA) is 52.0 Å². The third-order valence-corrected chi connectivity index (χ3v) is 2.52. The van der Waals surface area contributed by atoms with Crippen molar-refractivity contribution in [1.29, 1.82) is 0 Å². The zero-order chi connectivity index (χ0) is 13.1. The van der Waals surface area contributed by atoms with Crippen LogP contribution in [0.1, 0.15) is 45.6 Å². The highest BCUT2D eigenvalue weighted by atomic mass is 14.5. The van der Waals surface area contributed by atoms with Gasteiger partial charge in [-0.2, -0.15) is 0 Å². The van der Waals surface area contributed by atoms with Gasteiger partial charge >= 0.3 is 0 Å². The van der Waals surface area contributed by atoms with Gasteiger partial charge in [-0.25, -0.2) is 0 Å². The van der Waals surface area contributed by atoms with Gasteiger partial charge in [-0.1, -0.05) is 39.3 Å². The quantitative estimate of drug-likeness (QED) is 0.767. The maximum atomic E-state index is 5.66. The Bertz CT molecular complexity index is 280.